The van der Waals surface area contributed by atoms with E-state index < -0.39 is 11.8 Å². The number of carbonyl (C=O) groups is 1. The highest BCUT2D eigenvalue weighted by Crippen LogP contribution is 2.36. The Morgan fingerprint density at radius 2 is 2.05 bits per heavy atom. The molecule has 4 nitrogen and oxygen atoms in total. The fourth-order valence-corrected chi connectivity index (χ4v) is 2.46. The standard InChI is InChI=1S/C17H18FNO3/c1-5-13-16(17(20)22-4)11(9-10(2)19-13)15-12(18)7-6-8-14(15)21-3/h6-9H,5H2,1-4H3. The third-order valence-electron chi connectivity index (χ3n) is 3.41. The average molecular weight is 303 g/mol. The van der Waals surface area contributed by atoms with Crippen molar-refractivity contribution in [2.45, 2.75) is 20.3 Å². The number of rotatable bonds is 4. The number of benzene rings is 1. The smallest absolute Gasteiger partial charge is 0.340 e. The summed E-state index contributed by atoms with van der Waals surface area (Å²) in [6.45, 7) is 3.69. The predicted molar refractivity (Wildman–Crippen MR) is 81.6 cm³/mol. The highest BCUT2D eigenvalue weighted by Gasteiger charge is 2.23. The Hall–Kier alpha value is -2.43. The maximum absolute atomic E-state index is 14.4. The average Bonchev–Trinajstić information content (AvgIpc) is 2.52. The summed E-state index contributed by atoms with van der Waals surface area (Å²) in [6, 6.07) is 6.22. The number of methoxy groups -OCH3 is 2. The van der Waals surface area contributed by atoms with Crippen LogP contribution in [0.25, 0.3) is 11.1 Å². The van der Waals surface area contributed by atoms with Crippen molar-refractivity contribution in [2.24, 2.45) is 0 Å². The quantitative estimate of drug-likeness (QED) is 0.810. The van der Waals surface area contributed by atoms with E-state index in [-0.39, 0.29) is 11.1 Å². The number of pyridine rings is 1. The third kappa shape index (κ3) is 2.79. The summed E-state index contributed by atoms with van der Waals surface area (Å²) in [5.41, 5.74) is 2.23. The van der Waals surface area contributed by atoms with Crippen molar-refractivity contribution >= 4 is 5.97 Å². The predicted octanol–water partition coefficient (Wildman–Crippen LogP) is 3.55. The minimum absolute atomic E-state index is 0.241. The van der Waals surface area contributed by atoms with E-state index in [2.05, 4.69) is 4.98 Å². The molecule has 2 aromatic rings. The van der Waals surface area contributed by atoms with Crippen molar-refractivity contribution in [1.82, 2.24) is 4.98 Å². The molecule has 0 amide bonds. The Morgan fingerprint density at radius 1 is 1.32 bits per heavy atom. The van der Waals surface area contributed by atoms with E-state index in [1.165, 1.54) is 20.3 Å². The highest BCUT2D eigenvalue weighted by molar-refractivity contribution is 5.99. The number of aryl methyl sites for hydroxylation is 2. The van der Waals surface area contributed by atoms with Gasteiger partial charge in [-0.25, -0.2) is 9.18 Å². The van der Waals surface area contributed by atoms with Gasteiger partial charge >= 0.3 is 5.97 Å². The molecule has 0 spiro atoms. The molecule has 0 bridgehead atoms. The molecule has 0 fully saturated rings. The molecule has 0 aliphatic heterocycles. The number of hydrogen-bond donors (Lipinski definition) is 0. The van der Waals surface area contributed by atoms with E-state index in [0.29, 0.717) is 29.1 Å². The summed E-state index contributed by atoms with van der Waals surface area (Å²) >= 11 is 0. The van der Waals surface area contributed by atoms with Crippen LogP contribution in [0.4, 0.5) is 4.39 Å². The van der Waals surface area contributed by atoms with Crippen molar-refractivity contribution in [3.05, 3.63) is 47.0 Å². The first-order valence-corrected chi connectivity index (χ1v) is 6.95. The zero-order valence-corrected chi connectivity index (χ0v) is 13.1. The van der Waals surface area contributed by atoms with Gasteiger partial charge in [0.25, 0.3) is 0 Å². The van der Waals surface area contributed by atoms with Gasteiger partial charge in [0.15, 0.2) is 0 Å². The van der Waals surface area contributed by atoms with Crippen LogP contribution in [0.1, 0.15) is 28.7 Å². The molecule has 0 saturated heterocycles. The van der Waals surface area contributed by atoms with Crippen LogP contribution in [0.15, 0.2) is 24.3 Å². The van der Waals surface area contributed by atoms with Crippen molar-refractivity contribution in [2.75, 3.05) is 14.2 Å². The second kappa shape index (κ2) is 6.56. The maximum Gasteiger partial charge on any atom is 0.340 e. The largest absolute Gasteiger partial charge is 0.496 e. The van der Waals surface area contributed by atoms with E-state index in [1.807, 2.05) is 6.92 Å². The lowest BCUT2D eigenvalue weighted by molar-refractivity contribution is 0.0600. The molecular weight excluding hydrogens is 285 g/mol. The van der Waals surface area contributed by atoms with E-state index in [0.717, 1.165) is 0 Å². The van der Waals surface area contributed by atoms with Crippen molar-refractivity contribution in [1.29, 1.82) is 0 Å². The molecule has 1 aromatic carbocycles. The van der Waals surface area contributed by atoms with Crippen molar-refractivity contribution < 1.29 is 18.7 Å². The summed E-state index contributed by atoms with van der Waals surface area (Å²) in [7, 11) is 2.76. The summed E-state index contributed by atoms with van der Waals surface area (Å²) in [4.78, 5) is 16.6. The Labute approximate surface area is 128 Å². The number of esters is 1. The first-order chi connectivity index (χ1) is 10.5. The minimum atomic E-state index is -0.537. The highest BCUT2D eigenvalue weighted by atomic mass is 19.1. The van der Waals surface area contributed by atoms with Gasteiger partial charge in [0.05, 0.1) is 31.0 Å². The Bertz CT molecular complexity index is 713. The van der Waals surface area contributed by atoms with E-state index in [4.69, 9.17) is 9.47 Å². The van der Waals surface area contributed by atoms with Gasteiger partial charge in [-0.2, -0.15) is 0 Å². The normalized spacial score (nSPS) is 10.4. The fourth-order valence-electron chi connectivity index (χ4n) is 2.46. The minimum Gasteiger partial charge on any atom is -0.496 e. The molecule has 5 heteroatoms. The number of carbonyl (C=O) groups excluding carboxylic acids is 1. The van der Waals surface area contributed by atoms with Gasteiger partial charge in [0.2, 0.25) is 0 Å². The van der Waals surface area contributed by atoms with Crippen LogP contribution in [0.5, 0.6) is 5.75 Å². The summed E-state index contributed by atoms with van der Waals surface area (Å²) in [6.07, 6.45) is 0.538. The second-order valence-electron chi connectivity index (χ2n) is 4.80. The third-order valence-corrected chi connectivity index (χ3v) is 3.41. The Morgan fingerprint density at radius 3 is 2.64 bits per heavy atom. The number of ether oxygens (including phenoxy) is 2. The van der Waals surface area contributed by atoms with Gasteiger partial charge in [-0.3, -0.25) is 4.98 Å². The van der Waals surface area contributed by atoms with Gasteiger partial charge in [-0.1, -0.05) is 13.0 Å². The van der Waals surface area contributed by atoms with Gasteiger partial charge in [0.1, 0.15) is 11.6 Å². The van der Waals surface area contributed by atoms with Crippen molar-refractivity contribution in [3.63, 3.8) is 0 Å². The summed E-state index contributed by atoms with van der Waals surface area (Å²) in [5, 5.41) is 0. The lowest BCUT2D eigenvalue weighted by Gasteiger charge is -2.16. The van der Waals surface area contributed by atoms with E-state index in [9.17, 15) is 9.18 Å². The molecule has 116 valence electrons. The number of nitrogens with zero attached hydrogens (tertiary/aromatic N) is 1. The summed E-state index contributed by atoms with van der Waals surface area (Å²) in [5.74, 6) is -0.639. The van der Waals surface area contributed by atoms with Crippen LogP contribution >= 0.6 is 0 Å². The molecular formula is C17H18FNO3. The maximum atomic E-state index is 14.4. The van der Waals surface area contributed by atoms with E-state index >= 15 is 0 Å². The number of halogens is 1. The molecule has 1 heterocycles. The molecule has 0 unspecified atom stereocenters. The van der Waals surface area contributed by atoms with Gasteiger partial charge in [-0.05, 0) is 31.5 Å². The lowest BCUT2D eigenvalue weighted by atomic mass is 9.95. The first kappa shape index (κ1) is 15.9. The van der Waals surface area contributed by atoms with Crippen LogP contribution in [-0.2, 0) is 11.2 Å². The van der Waals surface area contributed by atoms with Gasteiger partial charge in [-0.15, -0.1) is 0 Å². The zero-order valence-electron chi connectivity index (χ0n) is 13.1. The lowest BCUT2D eigenvalue weighted by Crippen LogP contribution is -2.11. The van der Waals surface area contributed by atoms with Crippen LogP contribution in [0.2, 0.25) is 0 Å². The van der Waals surface area contributed by atoms with Crippen molar-refractivity contribution in [3.8, 4) is 16.9 Å². The SMILES string of the molecule is CCc1nc(C)cc(-c2c(F)cccc2OC)c1C(=O)OC. The number of aromatic nitrogens is 1. The second-order valence-corrected chi connectivity index (χ2v) is 4.80. The van der Waals surface area contributed by atoms with Crippen LogP contribution < -0.4 is 4.74 Å². The molecule has 0 saturated carbocycles. The molecule has 1 aromatic heterocycles. The topological polar surface area (TPSA) is 48.4 Å². The first-order valence-electron chi connectivity index (χ1n) is 6.95. The van der Waals surface area contributed by atoms with E-state index in [1.54, 1.807) is 25.1 Å². The Kier molecular flexibility index (Phi) is 4.75. The van der Waals surface area contributed by atoms with Crippen LogP contribution in [0.3, 0.4) is 0 Å². The molecule has 0 radical (unpaired) electrons. The van der Waals surface area contributed by atoms with Crippen LogP contribution in [0, 0.1) is 12.7 Å². The molecule has 0 N–H and O–H groups in total. The fraction of sp³-hybridized carbons (Fsp3) is 0.294. The molecule has 0 atom stereocenters. The molecule has 22 heavy (non-hydrogen) atoms. The van der Waals surface area contributed by atoms with Crippen LogP contribution in [-0.4, -0.2) is 25.2 Å². The molecule has 0 aliphatic rings. The monoisotopic (exact) mass is 303 g/mol. The number of hydrogen-bond acceptors (Lipinski definition) is 4. The molecule has 2 rings (SSSR count). The molecule has 0 aliphatic carbocycles. The zero-order chi connectivity index (χ0) is 16.3. The van der Waals surface area contributed by atoms with Gasteiger partial charge in [0, 0.05) is 11.3 Å². The Balaban J connectivity index is 2.86. The van der Waals surface area contributed by atoms with Gasteiger partial charge < -0.3 is 9.47 Å². The summed E-state index contributed by atoms with van der Waals surface area (Å²) < 4.78 is 24.5.